The van der Waals surface area contributed by atoms with Gasteiger partial charge in [-0.15, -0.1) is 0 Å². The summed E-state index contributed by atoms with van der Waals surface area (Å²) >= 11 is 0. The van der Waals surface area contributed by atoms with Crippen molar-refractivity contribution in [3.8, 4) is 0 Å². The van der Waals surface area contributed by atoms with Crippen molar-refractivity contribution in [1.29, 1.82) is 0 Å². The summed E-state index contributed by atoms with van der Waals surface area (Å²) in [5, 5.41) is 9.66. The number of nitrogens with zero attached hydrogens (tertiary/aromatic N) is 1. The van der Waals surface area contributed by atoms with Crippen LogP contribution >= 0.6 is 0 Å². The van der Waals surface area contributed by atoms with Crippen LogP contribution < -0.4 is 5.73 Å². The molecule has 100 valence electrons. The lowest BCUT2D eigenvalue weighted by Crippen LogP contribution is -2.40. The van der Waals surface area contributed by atoms with E-state index in [-0.39, 0.29) is 18.4 Å². The lowest BCUT2D eigenvalue weighted by atomic mass is 10.0. The van der Waals surface area contributed by atoms with E-state index >= 15 is 0 Å². The average Bonchev–Trinajstić information content (AvgIpc) is 2.27. The molecule has 0 radical (unpaired) electrons. The van der Waals surface area contributed by atoms with Gasteiger partial charge < -0.3 is 15.7 Å². The van der Waals surface area contributed by atoms with E-state index in [1.807, 2.05) is 30.3 Å². The maximum Gasteiger partial charge on any atom is 0.224 e. The third-order valence-electron chi connectivity index (χ3n) is 2.67. The van der Waals surface area contributed by atoms with Gasteiger partial charge in [0.05, 0.1) is 5.60 Å². The number of hydrogen-bond acceptors (Lipinski definition) is 3. The smallest absolute Gasteiger partial charge is 0.224 e. The van der Waals surface area contributed by atoms with Crippen molar-refractivity contribution in [3.63, 3.8) is 0 Å². The highest BCUT2D eigenvalue weighted by Gasteiger charge is 2.21. The zero-order chi connectivity index (χ0) is 13.8. The predicted octanol–water partition coefficient (Wildman–Crippen LogP) is 1.31. The number of nitrogens with two attached hydrogens (primary N) is 1. The van der Waals surface area contributed by atoms with E-state index in [2.05, 4.69) is 0 Å². The van der Waals surface area contributed by atoms with Crippen LogP contribution in [-0.2, 0) is 4.79 Å². The summed E-state index contributed by atoms with van der Waals surface area (Å²) < 4.78 is 0. The maximum atomic E-state index is 11.9. The highest BCUT2D eigenvalue weighted by molar-refractivity contribution is 5.76. The topological polar surface area (TPSA) is 66.6 Å². The molecular formula is C14H22N2O2. The highest BCUT2D eigenvalue weighted by atomic mass is 16.3. The van der Waals surface area contributed by atoms with Gasteiger partial charge in [0.15, 0.2) is 0 Å². The SMILES string of the molecule is CN(CC(C)(C)O)C(=O)CC(N)c1ccccc1. The van der Waals surface area contributed by atoms with E-state index in [1.165, 1.54) is 4.90 Å². The molecule has 0 saturated carbocycles. The van der Waals surface area contributed by atoms with Crippen molar-refractivity contribution >= 4 is 5.91 Å². The summed E-state index contributed by atoms with van der Waals surface area (Å²) in [5.41, 5.74) is 6.05. The maximum absolute atomic E-state index is 11.9. The number of benzene rings is 1. The summed E-state index contributed by atoms with van der Waals surface area (Å²) in [4.78, 5) is 13.5. The van der Waals surface area contributed by atoms with Crippen molar-refractivity contribution < 1.29 is 9.90 Å². The zero-order valence-corrected chi connectivity index (χ0v) is 11.3. The first-order valence-corrected chi connectivity index (χ1v) is 6.06. The summed E-state index contributed by atoms with van der Waals surface area (Å²) in [6.45, 7) is 3.65. The Labute approximate surface area is 108 Å². The average molecular weight is 250 g/mol. The molecule has 4 heteroatoms. The monoisotopic (exact) mass is 250 g/mol. The van der Waals surface area contributed by atoms with E-state index in [9.17, 15) is 9.90 Å². The fourth-order valence-corrected chi connectivity index (χ4v) is 1.83. The van der Waals surface area contributed by atoms with Gasteiger partial charge in [0.2, 0.25) is 5.91 Å². The summed E-state index contributed by atoms with van der Waals surface area (Å²) in [5.74, 6) is -0.0616. The van der Waals surface area contributed by atoms with Crippen LogP contribution in [0, 0.1) is 0 Å². The van der Waals surface area contributed by atoms with E-state index in [4.69, 9.17) is 5.73 Å². The molecule has 1 unspecified atom stereocenters. The first-order chi connectivity index (χ1) is 8.29. The van der Waals surface area contributed by atoms with Crippen LogP contribution in [0.3, 0.4) is 0 Å². The molecule has 4 nitrogen and oxygen atoms in total. The number of rotatable bonds is 5. The Kier molecular flexibility index (Phi) is 4.87. The van der Waals surface area contributed by atoms with Gasteiger partial charge >= 0.3 is 0 Å². The van der Waals surface area contributed by atoms with Gasteiger partial charge in [0.25, 0.3) is 0 Å². The van der Waals surface area contributed by atoms with Crippen LogP contribution in [-0.4, -0.2) is 35.1 Å². The zero-order valence-electron chi connectivity index (χ0n) is 11.3. The van der Waals surface area contributed by atoms with Crippen LogP contribution in [0.25, 0.3) is 0 Å². The molecule has 0 aliphatic heterocycles. The second-order valence-corrected chi connectivity index (χ2v) is 5.28. The Bertz CT molecular complexity index is 385. The summed E-state index contributed by atoms with van der Waals surface area (Å²) in [7, 11) is 1.68. The van der Waals surface area contributed by atoms with Crippen LogP contribution in [0.4, 0.5) is 0 Å². The third-order valence-corrected chi connectivity index (χ3v) is 2.67. The number of carbonyl (C=O) groups is 1. The Morgan fingerprint density at radius 2 is 1.94 bits per heavy atom. The number of amides is 1. The molecule has 0 heterocycles. The molecule has 1 atom stereocenters. The molecule has 1 amide bonds. The van der Waals surface area contributed by atoms with Crippen LogP contribution in [0.2, 0.25) is 0 Å². The Morgan fingerprint density at radius 1 is 1.39 bits per heavy atom. The summed E-state index contributed by atoms with van der Waals surface area (Å²) in [6, 6.07) is 9.24. The van der Waals surface area contributed by atoms with Crippen molar-refractivity contribution in [2.45, 2.75) is 31.9 Å². The molecule has 0 aromatic heterocycles. The van der Waals surface area contributed by atoms with Crippen molar-refractivity contribution in [1.82, 2.24) is 4.90 Å². The quantitative estimate of drug-likeness (QED) is 0.828. The van der Waals surface area contributed by atoms with Crippen molar-refractivity contribution in [2.75, 3.05) is 13.6 Å². The van der Waals surface area contributed by atoms with Gasteiger partial charge in [-0.3, -0.25) is 4.79 Å². The second kappa shape index (κ2) is 5.98. The first kappa shape index (κ1) is 14.7. The fraction of sp³-hybridized carbons (Fsp3) is 0.500. The molecule has 1 rings (SSSR count). The van der Waals surface area contributed by atoms with Crippen LogP contribution in [0.15, 0.2) is 30.3 Å². The van der Waals surface area contributed by atoms with E-state index in [0.29, 0.717) is 6.54 Å². The van der Waals surface area contributed by atoms with E-state index in [0.717, 1.165) is 5.56 Å². The highest BCUT2D eigenvalue weighted by Crippen LogP contribution is 2.15. The van der Waals surface area contributed by atoms with Crippen molar-refractivity contribution in [3.05, 3.63) is 35.9 Å². The number of hydrogen-bond donors (Lipinski definition) is 2. The lowest BCUT2D eigenvalue weighted by molar-refractivity contribution is -0.132. The van der Waals surface area contributed by atoms with E-state index < -0.39 is 5.60 Å². The molecule has 0 spiro atoms. The Balaban J connectivity index is 2.55. The molecule has 1 aromatic carbocycles. The van der Waals surface area contributed by atoms with Gasteiger partial charge in [0.1, 0.15) is 0 Å². The molecule has 18 heavy (non-hydrogen) atoms. The number of likely N-dealkylation sites (N-methyl/N-ethyl adjacent to an activating group) is 1. The standard InChI is InChI=1S/C14H22N2O2/c1-14(2,18)10-16(3)13(17)9-12(15)11-7-5-4-6-8-11/h4-8,12,18H,9-10,15H2,1-3H3. The molecule has 0 aliphatic carbocycles. The second-order valence-electron chi connectivity index (χ2n) is 5.28. The van der Waals surface area contributed by atoms with Gasteiger partial charge in [-0.2, -0.15) is 0 Å². The molecule has 0 fully saturated rings. The Hall–Kier alpha value is -1.39. The third kappa shape index (κ3) is 4.85. The number of aliphatic hydroxyl groups is 1. The predicted molar refractivity (Wildman–Crippen MR) is 71.9 cm³/mol. The molecular weight excluding hydrogens is 228 g/mol. The molecule has 0 bridgehead atoms. The first-order valence-electron chi connectivity index (χ1n) is 6.06. The Morgan fingerprint density at radius 3 is 2.44 bits per heavy atom. The largest absolute Gasteiger partial charge is 0.389 e. The van der Waals surface area contributed by atoms with Crippen LogP contribution in [0.1, 0.15) is 31.9 Å². The van der Waals surface area contributed by atoms with Crippen molar-refractivity contribution in [2.24, 2.45) is 5.73 Å². The molecule has 0 saturated heterocycles. The van der Waals surface area contributed by atoms with E-state index in [1.54, 1.807) is 20.9 Å². The normalized spacial score (nSPS) is 13.2. The molecule has 1 aromatic rings. The minimum atomic E-state index is -0.888. The minimum Gasteiger partial charge on any atom is -0.389 e. The van der Waals surface area contributed by atoms with Gasteiger partial charge in [0, 0.05) is 26.1 Å². The van der Waals surface area contributed by atoms with Gasteiger partial charge in [-0.25, -0.2) is 0 Å². The van der Waals surface area contributed by atoms with Gasteiger partial charge in [-0.05, 0) is 19.4 Å². The number of carbonyl (C=O) groups excluding carboxylic acids is 1. The van der Waals surface area contributed by atoms with Gasteiger partial charge in [-0.1, -0.05) is 30.3 Å². The van der Waals surface area contributed by atoms with Crippen LogP contribution in [0.5, 0.6) is 0 Å². The fourth-order valence-electron chi connectivity index (χ4n) is 1.83. The summed E-state index contributed by atoms with van der Waals surface area (Å²) in [6.07, 6.45) is 0.247. The minimum absolute atomic E-state index is 0.0616. The molecule has 0 aliphatic rings. The molecule has 3 N–H and O–H groups in total. The lowest BCUT2D eigenvalue weighted by Gasteiger charge is -2.26.